The Balaban J connectivity index is 1.52. The lowest BCUT2D eigenvalue weighted by molar-refractivity contribution is -0.384. The van der Waals surface area contributed by atoms with Gasteiger partial charge in [0.15, 0.2) is 16.7 Å². The summed E-state index contributed by atoms with van der Waals surface area (Å²) in [6.07, 6.45) is 2.67. The second-order valence-electron chi connectivity index (χ2n) is 7.98. The number of hydrogen-bond acceptors (Lipinski definition) is 7. The summed E-state index contributed by atoms with van der Waals surface area (Å²) in [7, 11) is 0. The SMILES string of the molecule is CCOc1cc(/C=C2\SC(=Nc3ccc(CC)cc3)NC2=O)cc(Cl)c1OCc1ccc([N+](=O)[O-])cc1. The number of ether oxygens (including phenoxy) is 2. The molecule has 0 bridgehead atoms. The van der Waals surface area contributed by atoms with E-state index in [-0.39, 0.29) is 18.2 Å². The zero-order valence-electron chi connectivity index (χ0n) is 20.2. The first-order valence-electron chi connectivity index (χ1n) is 11.6. The number of hydrogen-bond donors (Lipinski definition) is 1. The van der Waals surface area contributed by atoms with Crippen molar-refractivity contribution >= 4 is 51.9 Å². The Morgan fingerprint density at radius 1 is 1.05 bits per heavy atom. The fraction of sp³-hybridized carbons (Fsp3) is 0.185. The van der Waals surface area contributed by atoms with Crippen molar-refractivity contribution in [2.75, 3.05) is 6.61 Å². The van der Waals surface area contributed by atoms with E-state index in [0.717, 1.165) is 17.7 Å². The summed E-state index contributed by atoms with van der Waals surface area (Å²) < 4.78 is 11.7. The van der Waals surface area contributed by atoms with Gasteiger partial charge in [-0.3, -0.25) is 14.9 Å². The third-order valence-electron chi connectivity index (χ3n) is 5.39. The van der Waals surface area contributed by atoms with Gasteiger partial charge in [0.05, 0.1) is 27.1 Å². The normalized spacial score (nSPS) is 15.2. The molecule has 3 aromatic rings. The van der Waals surface area contributed by atoms with Gasteiger partial charge in [0, 0.05) is 12.1 Å². The van der Waals surface area contributed by atoms with Gasteiger partial charge in [-0.05, 0) is 84.3 Å². The fourth-order valence-corrected chi connectivity index (χ4v) is 4.61. The number of amides is 1. The molecule has 10 heteroatoms. The average Bonchev–Trinajstić information content (AvgIpc) is 3.22. The Morgan fingerprint density at radius 2 is 1.76 bits per heavy atom. The Morgan fingerprint density at radius 3 is 2.41 bits per heavy atom. The molecule has 190 valence electrons. The maximum Gasteiger partial charge on any atom is 0.269 e. The minimum atomic E-state index is -0.455. The highest BCUT2D eigenvalue weighted by atomic mass is 35.5. The summed E-state index contributed by atoms with van der Waals surface area (Å²) in [5.74, 6) is 0.531. The van der Waals surface area contributed by atoms with Gasteiger partial charge in [0.25, 0.3) is 11.6 Å². The first-order valence-corrected chi connectivity index (χ1v) is 12.8. The summed E-state index contributed by atoms with van der Waals surface area (Å²) in [6.45, 7) is 4.46. The number of benzene rings is 3. The number of halogens is 1. The summed E-state index contributed by atoms with van der Waals surface area (Å²) >= 11 is 7.78. The highest BCUT2D eigenvalue weighted by molar-refractivity contribution is 8.18. The first-order chi connectivity index (χ1) is 17.9. The molecule has 0 aromatic heterocycles. The molecule has 1 heterocycles. The van der Waals surface area contributed by atoms with Crippen molar-refractivity contribution in [3.63, 3.8) is 0 Å². The molecule has 0 atom stereocenters. The van der Waals surface area contributed by atoms with E-state index in [1.165, 1.54) is 29.5 Å². The number of nitro groups is 1. The molecule has 0 spiro atoms. The minimum Gasteiger partial charge on any atom is -0.490 e. The van der Waals surface area contributed by atoms with E-state index in [1.807, 2.05) is 31.2 Å². The summed E-state index contributed by atoms with van der Waals surface area (Å²) in [6, 6.07) is 17.4. The van der Waals surface area contributed by atoms with Crippen LogP contribution in [-0.2, 0) is 17.8 Å². The number of thioether (sulfide) groups is 1. The largest absolute Gasteiger partial charge is 0.490 e. The molecule has 37 heavy (non-hydrogen) atoms. The second kappa shape index (κ2) is 11.9. The van der Waals surface area contributed by atoms with Gasteiger partial charge in [-0.25, -0.2) is 4.99 Å². The summed E-state index contributed by atoms with van der Waals surface area (Å²) in [4.78, 5) is 27.9. The van der Waals surface area contributed by atoms with Crippen LogP contribution < -0.4 is 14.8 Å². The molecule has 0 aliphatic carbocycles. The number of aliphatic imine (C=N–C) groups is 1. The number of aryl methyl sites for hydroxylation is 1. The van der Waals surface area contributed by atoms with E-state index in [9.17, 15) is 14.9 Å². The predicted octanol–water partition coefficient (Wildman–Crippen LogP) is 6.68. The maximum atomic E-state index is 12.6. The lowest BCUT2D eigenvalue weighted by atomic mass is 10.1. The Labute approximate surface area is 223 Å². The molecule has 0 unspecified atom stereocenters. The molecular formula is C27H24ClN3O5S. The van der Waals surface area contributed by atoms with Gasteiger partial charge in [-0.2, -0.15) is 0 Å². The molecule has 0 radical (unpaired) electrons. The molecule has 1 N–H and O–H groups in total. The number of nitrogens with zero attached hydrogens (tertiary/aromatic N) is 2. The van der Waals surface area contributed by atoms with Crippen LogP contribution in [0.15, 0.2) is 70.6 Å². The zero-order valence-corrected chi connectivity index (χ0v) is 21.8. The van der Waals surface area contributed by atoms with Crippen molar-refractivity contribution in [2.24, 2.45) is 4.99 Å². The molecule has 3 aromatic carbocycles. The van der Waals surface area contributed by atoms with Gasteiger partial charge in [0.1, 0.15) is 6.61 Å². The monoisotopic (exact) mass is 537 g/mol. The fourth-order valence-electron chi connectivity index (χ4n) is 3.50. The third kappa shape index (κ3) is 6.69. The molecule has 4 rings (SSSR count). The van der Waals surface area contributed by atoms with Crippen LogP contribution in [-0.4, -0.2) is 22.6 Å². The van der Waals surface area contributed by atoms with Crippen LogP contribution in [0.2, 0.25) is 5.02 Å². The molecule has 1 aliphatic rings. The Kier molecular flexibility index (Phi) is 8.47. The predicted molar refractivity (Wildman–Crippen MR) is 147 cm³/mol. The number of carbonyl (C=O) groups is 1. The molecule has 1 fully saturated rings. The highest BCUT2D eigenvalue weighted by Gasteiger charge is 2.24. The Bertz CT molecular complexity index is 1370. The molecular weight excluding hydrogens is 514 g/mol. The van der Waals surface area contributed by atoms with E-state index in [4.69, 9.17) is 21.1 Å². The molecule has 1 amide bonds. The van der Waals surface area contributed by atoms with Crippen molar-refractivity contribution in [1.29, 1.82) is 0 Å². The summed E-state index contributed by atoms with van der Waals surface area (Å²) in [5, 5.41) is 14.5. The third-order valence-corrected chi connectivity index (χ3v) is 6.58. The van der Waals surface area contributed by atoms with Crippen LogP contribution in [0.25, 0.3) is 6.08 Å². The minimum absolute atomic E-state index is 0.00518. The van der Waals surface area contributed by atoms with Crippen molar-refractivity contribution in [3.8, 4) is 11.5 Å². The maximum absolute atomic E-state index is 12.6. The van der Waals surface area contributed by atoms with Crippen LogP contribution in [0.3, 0.4) is 0 Å². The highest BCUT2D eigenvalue weighted by Crippen LogP contribution is 2.39. The molecule has 8 nitrogen and oxygen atoms in total. The first kappa shape index (κ1) is 26.2. The van der Waals surface area contributed by atoms with E-state index in [1.54, 1.807) is 30.3 Å². The van der Waals surface area contributed by atoms with Crippen LogP contribution in [0.5, 0.6) is 11.5 Å². The smallest absolute Gasteiger partial charge is 0.269 e. The van der Waals surface area contributed by atoms with Crippen LogP contribution in [0, 0.1) is 10.1 Å². The average molecular weight is 538 g/mol. The van der Waals surface area contributed by atoms with Crippen molar-refractivity contribution in [1.82, 2.24) is 5.32 Å². The second-order valence-corrected chi connectivity index (χ2v) is 9.41. The number of carbonyl (C=O) groups excluding carboxylic acids is 1. The van der Waals surface area contributed by atoms with Gasteiger partial charge in [-0.15, -0.1) is 0 Å². The van der Waals surface area contributed by atoms with Crippen molar-refractivity contribution in [3.05, 3.63) is 97.4 Å². The number of non-ortho nitro benzene ring substituents is 1. The number of amidine groups is 1. The van der Waals surface area contributed by atoms with Crippen LogP contribution >= 0.6 is 23.4 Å². The van der Waals surface area contributed by atoms with Crippen molar-refractivity contribution in [2.45, 2.75) is 26.9 Å². The number of nitrogens with one attached hydrogen (secondary N) is 1. The van der Waals surface area contributed by atoms with Crippen LogP contribution in [0.4, 0.5) is 11.4 Å². The molecule has 1 aliphatic heterocycles. The quantitative estimate of drug-likeness (QED) is 0.185. The number of nitro benzene ring substituents is 1. The topological polar surface area (TPSA) is 103 Å². The van der Waals surface area contributed by atoms with E-state index in [2.05, 4.69) is 17.2 Å². The summed E-state index contributed by atoms with van der Waals surface area (Å²) in [5.41, 5.74) is 3.39. The lowest BCUT2D eigenvalue weighted by Gasteiger charge is -2.14. The standard InChI is InChI=1S/C27H24ClN3O5S/c1-3-17-5-9-20(10-6-17)29-27-30-26(32)24(37-27)15-19-13-22(28)25(23(14-19)35-4-2)36-16-18-7-11-21(12-8-18)31(33)34/h5-15H,3-4,16H2,1-2H3,(H,29,30,32)/b24-15-. The van der Waals surface area contributed by atoms with Gasteiger partial charge in [-0.1, -0.05) is 30.7 Å². The van der Waals surface area contributed by atoms with E-state index < -0.39 is 4.92 Å². The van der Waals surface area contributed by atoms with Gasteiger partial charge in [0.2, 0.25) is 0 Å². The van der Waals surface area contributed by atoms with E-state index in [0.29, 0.717) is 38.8 Å². The van der Waals surface area contributed by atoms with E-state index >= 15 is 0 Å². The van der Waals surface area contributed by atoms with Gasteiger partial charge >= 0.3 is 0 Å². The Hall–Kier alpha value is -3.82. The molecule has 1 saturated heterocycles. The van der Waals surface area contributed by atoms with Crippen molar-refractivity contribution < 1.29 is 19.2 Å². The lowest BCUT2D eigenvalue weighted by Crippen LogP contribution is -2.19. The molecule has 0 saturated carbocycles. The number of rotatable bonds is 9. The zero-order chi connectivity index (χ0) is 26.4. The van der Waals surface area contributed by atoms with Crippen LogP contribution in [0.1, 0.15) is 30.5 Å². The van der Waals surface area contributed by atoms with Gasteiger partial charge < -0.3 is 14.8 Å².